The molecule has 2 atom stereocenters. The maximum atomic E-state index is 11.8. The van der Waals surface area contributed by atoms with E-state index >= 15 is 0 Å². The SMILES string of the molecule is CC(C)[C@H](NC(=O)[C@@H](C)CCC(=O)O)C(=O)NN. The van der Waals surface area contributed by atoms with Gasteiger partial charge in [0.2, 0.25) is 5.91 Å². The van der Waals surface area contributed by atoms with Crippen LogP contribution in [0.3, 0.4) is 0 Å². The van der Waals surface area contributed by atoms with Crippen molar-refractivity contribution in [2.45, 2.75) is 39.7 Å². The first-order chi connectivity index (χ1) is 8.29. The molecule has 0 saturated carbocycles. The number of amides is 2. The minimum atomic E-state index is -0.949. The van der Waals surface area contributed by atoms with Crippen LogP contribution in [0.2, 0.25) is 0 Å². The minimum Gasteiger partial charge on any atom is -0.481 e. The molecule has 0 unspecified atom stereocenters. The summed E-state index contributed by atoms with van der Waals surface area (Å²) in [6, 6.07) is -0.713. The fourth-order valence-electron chi connectivity index (χ4n) is 1.39. The zero-order valence-corrected chi connectivity index (χ0v) is 10.9. The van der Waals surface area contributed by atoms with Crippen molar-refractivity contribution in [3.05, 3.63) is 0 Å². The summed E-state index contributed by atoms with van der Waals surface area (Å²) in [5, 5.41) is 11.1. The highest BCUT2D eigenvalue weighted by molar-refractivity contribution is 5.88. The van der Waals surface area contributed by atoms with Crippen LogP contribution in [0.1, 0.15) is 33.6 Å². The third kappa shape index (κ3) is 5.62. The van der Waals surface area contributed by atoms with E-state index in [4.69, 9.17) is 10.9 Å². The van der Waals surface area contributed by atoms with Crippen molar-refractivity contribution < 1.29 is 19.5 Å². The Kier molecular flexibility index (Phi) is 6.96. The molecule has 0 aliphatic heterocycles. The molecule has 0 rings (SSSR count). The van der Waals surface area contributed by atoms with Gasteiger partial charge in [-0.05, 0) is 12.3 Å². The van der Waals surface area contributed by atoms with Crippen molar-refractivity contribution in [3.8, 4) is 0 Å². The van der Waals surface area contributed by atoms with Crippen molar-refractivity contribution in [1.82, 2.24) is 10.7 Å². The highest BCUT2D eigenvalue weighted by Crippen LogP contribution is 2.08. The Bertz CT molecular complexity index is 317. The maximum Gasteiger partial charge on any atom is 0.303 e. The van der Waals surface area contributed by atoms with Crippen LogP contribution >= 0.6 is 0 Å². The Labute approximate surface area is 106 Å². The highest BCUT2D eigenvalue weighted by atomic mass is 16.4. The zero-order valence-electron chi connectivity index (χ0n) is 10.9. The van der Waals surface area contributed by atoms with Gasteiger partial charge in [0, 0.05) is 12.3 Å². The maximum absolute atomic E-state index is 11.8. The smallest absolute Gasteiger partial charge is 0.303 e. The molecule has 0 heterocycles. The lowest BCUT2D eigenvalue weighted by molar-refractivity contribution is -0.138. The molecule has 0 spiro atoms. The van der Waals surface area contributed by atoms with Gasteiger partial charge in [-0.1, -0.05) is 20.8 Å². The first-order valence-electron chi connectivity index (χ1n) is 5.82. The topological polar surface area (TPSA) is 122 Å². The van der Waals surface area contributed by atoms with E-state index in [1.54, 1.807) is 20.8 Å². The number of carboxylic acids is 1. The lowest BCUT2D eigenvalue weighted by Crippen LogP contribution is -2.52. The summed E-state index contributed by atoms with van der Waals surface area (Å²) in [4.78, 5) is 33.6. The lowest BCUT2D eigenvalue weighted by atomic mass is 10.0. The van der Waals surface area contributed by atoms with Gasteiger partial charge in [-0.3, -0.25) is 19.8 Å². The van der Waals surface area contributed by atoms with Gasteiger partial charge >= 0.3 is 5.97 Å². The number of hydrazine groups is 1. The predicted octanol–water partition coefficient (Wildman–Crippen LogP) is -0.382. The predicted molar refractivity (Wildman–Crippen MR) is 65.1 cm³/mol. The van der Waals surface area contributed by atoms with Crippen molar-refractivity contribution in [3.63, 3.8) is 0 Å². The van der Waals surface area contributed by atoms with Crippen molar-refractivity contribution in [2.24, 2.45) is 17.7 Å². The van der Waals surface area contributed by atoms with E-state index in [-0.39, 0.29) is 24.7 Å². The molecule has 18 heavy (non-hydrogen) atoms. The quantitative estimate of drug-likeness (QED) is 0.282. The summed E-state index contributed by atoms with van der Waals surface area (Å²) in [5.41, 5.74) is 1.99. The number of nitrogens with one attached hydrogen (secondary N) is 2. The fraction of sp³-hybridized carbons (Fsp3) is 0.727. The standard InChI is InChI=1S/C11H21N3O4/c1-6(2)9(11(18)14-12)13-10(17)7(3)4-5-8(15)16/h6-7,9H,4-5,12H2,1-3H3,(H,13,17)(H,14,18)(H,15,16)/t7-,9-/m0/s1. The average molecular weight is 259 g/mol. The Morgan fingerprint density at radius 1 is 1.17 bits per heavy atom. The number of rotatable bonds is 7. The number of nitrogens with two attached hydrogens (primary N) is 1. The molecule has 0 aliphatic rings. The summed E-state index contributed by atoms with van der Waals surface area (Å²) >= 11 is 0. The molecule has 0 radical (unpaired) electrons. The van der Waals surface area contributed by atoms with Crippen molar-refractivity contribution in [2.75, 3.05) is 0 Å². The average Bonchev–Trinajstić information content (AvgIpc) is 2.30. The lowest BCUT2D eigenvalue weighted by Gasteiger charge is -2.22. The third-order valence-corrected chi connectivity index (χ3v) is 2.63. The number of carbonyl (C=O) groups is 3. The molecule has 2 amide bonds. The first kappa shape index (κ1) is 16.4. The van der Waals surface area contributed by atoms with E-state index in [9.17, 15) is 14.4 Å². The van der Waals surface area contributed by atoms with Crippen LogP contribution in [-0.2, 0) is 14.4 Å². The molecule has 0 aromatic heterocycles. The highest BCUT2D eigenvalue weighted by Gasteiger charge is 2.25. The fourth-order valence-corrected chi connectivity index (χ4v) is 1.39. The van der Waals surface area contributed by atoms with Crippen LogP contribution in [0.15, 0.2) is 0 Å². The van der Waals surface area contributed by atoms with Gasteiger partial charge in [0.1, 0.15) is 6.04 Å². The molecular formula is C11H21N3O4. The van der Waals surface area contributed by atoms with Gasteiger partial charge in [0.05, 0.1) is 0 Å². The second-order valence-electron chi connectivity index (χ2n) is 4.57. The minimum absolute atomic E-state index is 0.0793. The molecule has 0 fully saturated rings. The van der Waals surface area contributed by atoms with Crippen molar-refractivity contribution in [1.29, 1.82) is 0 Å². The molecule has 0 aromatic carbocycles. The van der Waals surface area contributed by atoms with Gasteiger partial charge in [-0.25, -0.2) is 5.84 Å². The van der Waals surface area contributed by atoms with Crippen LogP contribution in [0, 0.1) is 11.8 Å². The summed E-state index contributed by atoms with van der Waals surface area (Å²) in [5.74, 6) is 2.69. The van der Waals surface area contributed by atoms with Crippen LogP contribution in [0.4, 0.5) is 0 Å². The van der Waals surface area contributed by atoms with E-state index in [2.05, 4.69) is 5.32 Å². The molecule has 0 bridgehead atoms. The number of hydrogen-bond donors (Lipinski definition) is 4. The van der Waals surface area contributed by atoms with E-state index < -0.39 is 23.8 Å². The van der Waals surface area contributed by atoms with Crippen molar-refractivity contribution >= 4 is 17.8 Å². The summed E-state index contributed by atoms with van der Waals surface area (Å²) in [7, 11) is 0. The number of carboxylic acid groups (broad SMARTS) is 1. The van der Waals surface area contributed by atoms with Gasteiger partial charge in [-0.15, -0.1) is 0 Å². The van der Waals surface area contributed by atoms with E-state index in [0.717, 1.165) is 0 Å². The van der Waals surface area contributed by atoms with E-state index in [0.29, 0.717) is 0 Å². The zero-order chi connectivity index (χ0) is 14.3. The second kappa shape index (κ2) is 7.65. The normalized spacial score (nSPS) is 13.8. The molecule has 7 nitrogen and oxygen atoms in total. The third-order valence-electron chi connectivity index (χ3n) is 2.63. The Hall–Kier alpha value is -1.63. The number of aliphatic carboxylic acids is 1. The summed E-state index contributed by atoms with van der Waals surface area (Å²) < 4.78 is 0. The summed E-state index contributed by atoms with van der Waals surface area (Å²) in [6.07, 6.45) is 0.153. The van der Waals surface area contributed by atoms with E-state index in [1.807, 2.05) is 5.43 Å². The van der Waals surface area contributed by atoms with E-state index in [1.165, 1.54) is 0 Å². The molecule has 7 heteroatoms. The summed E-state index contributed by atoms with van der Waals surface area (Å²) in [6.45, 7) is 5.18. The van der Waals surface area contributed by atoms with Gasteiger partial charge in [0.25, 0.3) is 5.91 Å². The number of carbonyl (C=O) groups excluding carboxylic acids is 2. The Balaban J connectivity index is 4.41. The largest absolute Gasteiger partial charge is 0.481 e. The van der Waals surface area contributed by atoms with Crippen LogP contribution in [-0.4, -0.2) is 28.9 Å². The molecule has 0 aromatic rings. The number of hydrogen-bond acceptors (Lipinski definition) is 4. The van der Waals surface area contributed by atoms with Crippen LogP contribution in [0.5, 0.6) is 0 Å². The molecule has 104 valence electrons. The first-order valence-corrected chi connectivity index (χ1v) is 5.82. The Morgan fingerprint density at radius 2 is 1.72 bits per heavy atom. The molecule has 0 saturated heterocycles. The molecule has 5 N–H and O–H groups in total. The monoisotopic (exact) mass is 259 g/mol. The van der Waals surface area contributed by atoms with Gasteiger partial charge in [0.15, 0.2) is 0 Å². The second-order valence-corrected chi connectivity index (χ2v) is 4.57. The van der Waals surface area contributed by atoms with Gasteiger partial charge in [-0.2, -0.15) is 0 Å². The van der Waals surface area contributed by atoms with Gasteiger partial charge < -0.3 is 10.4 Å². The van der Waals surface area contributed by atoms with Crippen LogP contribution in [0.25, 0.3) is 0 Å². The Morgan fingerprint density at radius 3 is 2.11 bits per heavy atom. The van der Waals surface area contributed by atoms with Crippen LogP contribution < -0.4 is 16.6 Å². The molecular weight excluding hydrogens is 238 g/mol. The molecule has 0 aliphatic carbocycles.